The molecule has 0 radical (unpaired) electrons. The third kappa shape index (κ3) is 3.05. The number of hydrogen-bond donors (Lipinski definition) is 1. The third-order valence-corrected chi connectivity index (χ3v) is 4.97. The van der Waals surface area contributed by atoms with Gasteiger partial charge in [0.2, 0.25) is 0 Å². The van der Waals surface area contributed by atoms with Gasteiger partial charge in [-0.2, -0.15) is 0 Å². The minimum atomic E-state index is 0.579. The number of nitrogens with zero attached hydrogens (tertiary/aromatic N) is 4. The molecule has 2 aliphatic heterocycles. The number of anilines is 1. The van der Waals surface area contributed by atoms with Gasteiger partial charge in [-0.25, -0.2) is 0 Å². The second kappa shape index (κ2) is 6.55. The smallest absolute Gasteiger partial charge is 0.185 e. The lowest BCUT2D eigenvalue weighted by molar-refractivity contribution is 0.0939. The van der Waals surface area contributed by atoms with Crippen LogP contribution in [-0.2, 0) is 6.54 Å². The van der Waals surface area contributed by atoms with Crippen molar-refractivity contribution >= 4 is 16.8 Å². The fourth-order valence-electron chi connectivity index (χ4n) is 3.57. The van der Waals surface area contributed by atoms with Gasteiger partial charge in [-0.3, -0.25) is 10.2 Å². The molecule has 0 bridgehead atoms. The molecule has 0 aliphatic carbocycles. The lowest BCUT2D eigenvalue weighted by Crippen LogP contribution is -2.49. The first-order valence-corrected chi connectivity index (χ1v) is 8.65. The van der Waals surface area contributed by atoms with Crippen LogP contribution in [0, 0.1) is 0 Å². The van der Waals surface area contributed by atoms with E-state index in [0.29, 0.717) is 6.04 Å². The Balaban J connectivity index is 1.58. The number of hydrogen-bond acceptors (Lipinski definition) is 6. The van der Waals surface area contributed by atoms with Crippen LogP contribution in [0.1, 0.15) is 12.5 Å². The molecule has 1 N–H and O–H groups in total. The van der Waals surface area contributed by atoms with Crippen LogP contribution in [0.2, 0.25) is 0 Å². The number of piperazine rings is 1. The molecule has 6 nitrogen and oxygen atoms in total. The Morgan fingerprint density at radius 1 is 1.33 bits per heavy atom. The van der Waals surface area contributed by atoms with Crippen LogP contribution in [0.5, 0.6) is 0 Å². The van der Waals surface area contributed by atoms with Crippen molar-refractivity contribution in [1.29, 1.82) is 0 Å². The molecule has 0 unspecified atom stereocenters. The van der Waals surface area contributed by atoms with E-state index in [4.69, 9.17) is 4.52 Å². The first kappa shape index (κ1) is 15.6. The van der Waals surface area contributed by atoms with Gasteiger partial charge in [0.1, 0.15) is 0 Å². The molecule has 24 heavy (non-hydrogen) atoms. The van der Waals surface area contributed by atoms with Crippen LogP contribution in [0.4, 0.5) is 5.82 Å². The second-order valence-electron chi connectivity index (χ2n) is 6.89. The van der Waals surface area contributed by atoms with Crippen LogP contribution in [0.25, 0.3) is 11.0 Å². The summed E-state index contributed by atoms with van der Waals surface area (Å²) in [7, 11) is 2.20. The zero-order valence-corrected chi connectivity index (χ0v) is 14.4. The Labute approximate surface area is 142 Å². The molecule has 0 spiro atoms. The number of aromatic nitrogens is 1. The van der Waals surface area contributed by atoms with E-state index in [1.807, 2.05) is 6.07 Å². The Kier molecular flexibility index (Phi) is 4.26. The molecule has 2 aromatic rings. The van der Waals surface area contributed by atoms with Crippen LogP contribution in [0.15, 0.2) is 35.0 Å². The lowest BCUT2D eigenvalue weighted by atomic mass is 10.1. The highest BCUT2D eigenvalue weighted by Gasteiger charge is 2.22. The maximum Gasteiger partial charge on any atom is 0.185 e. The third-order valence-electron chi connectivity index (χ3n) is 4.97. The summed E-state index contributed by atoms with van der Waals surface area (Å²) in [6.07, 6.45) is 4.17. The van der Waals surface area contributed by atoms with E-state index < -0.39 is 0 Å². The maximum atomic E-state index is 5.51. The number of likely N-dealkylation sites (N-methyl/N-ethyl adjacent to an activating group) is 1. The van der Waals surface area contributed by atoms with E-state index >= 15 is 0 Å². The number of rotatable bonds is 3. The van der Waals surface area contributed by atoms with E-state index in [2.05, 4.69) is 63.6 Å². The molecule has 1 aromatic heterocycles. The molecular formula is C18H25N5O. The molecule has 128 valence electrons. The predicted molar refractivity (Wildman–Crippen MR) is 95.9 cm³/mol. The van der Waals surface area contributed by atoms with Crippen LogP contribution >= 0.6 is 0 Å². The second-order valence-corrected chi connectivity index (χ2v) is 6.89. The predicted octanol–water partition coefficient (Wildman–Crippen LogP) is 1.84. The van der Waals surface area contributed by atoms with Crippen LogP contribution < -0.4 is 10.2 Å². The highest BCUT2D eigenvalue weighted by molar-refractivity contribution is 5.89. The van der Waals surface area contributed by atoms with Gasteiger partial charge in [0, 0.05) is 45.0 Å². The summed E-state index contributed by atoms with van der Waals surface area (Å²) in [5, 5.41) is 8.68. The quantitative estimate of drug-likeness (QED) is 0.928. The molecular weight excluding hydrogens is 302 g/mol. The Morgan fingerprint density at radius 2 is 2.25 bits per heavy atom. The van der Waals surface area contributed by atoms with Crippen molar-refractivity contribution < 1.29 is 4.52 Å². The Hall–Kier alpha value is -1.89. The standard InChI is InChI=1S/C18H25N5O/c1-14-11-21(2)8-9-22(14)12-15-4-5-17-16(10-15)18(20-24-17)23-7-3-6-19-13-23/h3-5,7,10,14,19H,6,8-9,11-13H2,1-2H3/t14-/m1/s1. The van der Waals surface area contributed by atoms with Gasteiger partial charge >= 0.3 is 0 Å². The van der Waals surface area contributed by atoms with Gasteiger partial charge in [-0.1, -0.05) is 17.3 Å². The molecule has 0 saturated carbocycles. The summed E-state index contributed by atoms with van der Waals surface area (Å²) in [4.78, 5) is 7.05. The molecule has 1 fully saturated rings. The molecule has 1 saturated heterocycles. The van der Waals surface area contributed by atoms with Crippen molar-refractivity contribution in [3.05, 3.63) is 36.0 Å². The summed E-state index contributed by atoms with van der Waals surface area (Å²) < 4.78 is 5.51. The highest BCUT2D eigenvalue weighted by Crippen LogP contribution is 2.28. The number of nitrogens with one attached hydrogen (secondary N) is 1. The van der Waals surface area contributed by atoms with Crippen molar-refractivity contribution in [3.8, 4) is 0 Å². The number of fused-ring (bicyclic) bond motifs is 1. The van der Waals surface area contributed by atoms with E-state index in [1.165, 1.54) is 5.56 Å². The van der Waals surface area contributed by atoms with Gasteiger partial charge < -0.3 is 14.3 Å². The van der Waals surface area contributed by atoms with E-state index in [9.17, 15) is 0 Å². The van der Waals surface area contributed by atoms with Crippen molar-refractivity contribution in [3.63, 3.8) is 0 Å². The summed E-state index contributed by atoms with van der Waals surface area (Å²) in [5.74, 6) is 0.890. The van der Waals surface area contributed by atoms with Gasteiger partial charge in [-0.05, 0) is 31.7 Å². The Bertz CT molecular complexity index is 740. The number of benzene rings is 1. The lowest BCUT2D eigenvalue weighted by Gasteiger charge is -2.38. The fraction of sp³-hybridized carbons (Fsp3) is 0.500. The van der Waals surface area contributed by atoms with Crippen molar-refractivity contribution in [2.24, 2.45) is 0 Å². The van der Waals surface area contributed by atoms with Crippen molar-refractivity contribution in [1.82, 2.24) is 20.3 Å². The van der Waals surface area contributed by atoms with Crippen molar-refractivity contribution in [2.45, 2.75) is 19.5 Å². The first-order chi connectivity index (χ1) is 11.7. The zero-order valence-electron chi connectivity index (χ0n) is 14.4. The summed E-state index contributed by atoms with van der Waals surface area (Å²) >= 11 is 0. The zero-order chi connectivity index (χ0) is 16.5. The highest BCUT2D eigenvalue weighted by atomic mass is 16.5. The van der Waals surface area contributed by atoms with E-state index in [1.54, 1.807) is 0 Å². The monoisotopic (exact) mass is 327 g/mol. The van der Waals surface area contributed by atoms with Gasteiger partial charge in [0.25, 0.3) is 0 Å². The maximum absolute atomic E-state index is 5.51. The van der Waals surface area contributed by atoms with Gasteiger partial charge in [0.05, 0.1) is 12.1 Å². The first-order valence-electron chi connectivity index (χ1n) is 8.65. The molecule has 2 aliphatic rings. The summed E-state index contributed by atoms with van der Waals surface area (Å²) in [6.45, 7) is 8.33. The van der Waals surface area contributed by atoms with E-state index in [-0.39, 0.29) is 0 Å². The largest absolute Gasteiger partial charge is 0.354 e. The van der Waals surface area contributed by atoms with Gasteiger partial charge in [-0.15, -0.1) is 0 Å². The minimum Gasteiger partial charge on any atom is -0.354 e. The van der Waals surface area contributed by atoms with Crippen molar-refractivity contribution in [2.75, 3.05) is 44.8 Å². The Morgan fingerprint density at radius 3 is 3.04 bits per heavy atom. The van der Waals surface area contributed by atoms with Crippen LogP contribution in [-0.4, -0.2) is 60.9 Å². The molecule has 0 amide bonds. The molecule has 6 heteroatoms. The fourth-order valence-corrected chi connectivity index (χ4v) is 3.57. The summed E-state index contributed by atoms with van der Waals surface area (Å²) in [5.41, 5.74) is 2.16. The van der Waals surface area contributed by atoms with Gasteiger partial charge in [0.15, 0.2) is 11.4 Å². The van der Waals surface area contributed by atoms with Crippen LogP contribution in [0.3, 0.4) is 0 Å². The minimum absolute atomic E-state index is 0.579. The topological polar surface area (TPSA) is 47.8 Å². The summed E-state index contributed by atoms with van der Waals surface area (Å²) in [6, 6.07) is 7.01. The average molecular weight is 327 g/mol. The average Bonchev–Trinajstić information content (AvgIpc) is 3.01. The molecule has 3 heterocycles. The molecule has 1 aromatic carbocycles. The normalized spacial score (nSPS) is 23.2. The molecule has 1 atom stereocenters. The molecule has 4 rings (SSSR count). The SMILES string of the molecule is C[C@@H]1CN(C)CCN1Cc1ccc2onc(N3C=CCNC3)c2c1. The van der Waals surface area contributed by atoms with E-state index in [0.717, 1.165) is 56.2 Å².